The van der Waals surface area contributed by atoms with Crippen LogP contribution in [0.1, 0.15) is 6.92 Å². The number of nitrogens with one attached hydrogen (secondary N) is 2. The second-order valence-corrected chi connectivity index (χ2v) is 4.41. The number of carbonyl (C=O) groups is 2. The molecule has 0 aliphatic heterocycles. The van der Waals surface area contributed by atoms with Crippen LogP contribution in [0.5, 0.6) is 5.75 Å². The van der Waals surface area contributed by atoms with Gasteiger partial charge >= 0.3 is 5.97 Å². The van der Waals surface area contributed by atoms with E-state index in [4.69, 9.17) is 16.3 Å². The van der Waals surface area contributed by atoms with Crippen molar-refractivity contribution in [2.45, 2.75) is 13.0 Å². The van der Waals surface area contributed by atoms with E-state index < -0.39 is 12.0 Å². The minimum absolute atomic E-state index is 0.192. The second kappa shape index (κ2) is 7.59. The molecule has 0 heterocycles. The van der Waals surface area contributed by atoms with Crippen LogP contribution in [0.4, 0.5) is 5.69 Å². The van der Waals surface area contributed by atoms with Crippen molar-refractivity contribution in [3.63, 3.8) is 0 Å². The molecule has 6 nitrogen and oxygen atoms in total. The molecule has 0 fully saturated rings. The highest BCUT2D eigenvalue weighted by Crippen LogP contribution is 2.27. The summed E-state index contributed by atoms with van der Waals surface area (Å²) in [6.07, 6.45) is 0. The molecule has 20 heavy (non-hydrogen) atoms. The lowest BCUT2D eigenvalue weighted by molar-refractivity contribution is -0.144. The maximum Gasteiger partial charge on any atom is 0.330 e. The number of carbonyl (C=O) groups excluding carboxylic acids is 2. The molecule has 1 amide bonds. The van der Waals surface area contributed by atoms with Crippen molar-refractivity contribution in [1.82, 2.24) is 5.32 Å². The number of rotatable bonds is 6. The van der Waals surface area contributed by atoms with Crippen LogP contribution in [0.15, 0.2) is 18.2 Å². The van der Waals surface area contributed by atoms with Gasteiger partial charge in [0, 0.05) is 25.2 Å². The van der Waals surface area contributed by atoms with Crippen LogP contribution < -0.4 is 15.4 Å². The van der Waals surface area contributed by atoms with Crippen LogP contribution >= 0.6 is 11.6 Å². The first-order chi connectivity index (χ1) is 9.47. The largest absolute Gasteiger partial charge is 0.495 e. The van der Waals surface area contributed by atoms with E-state index in [1.807, 2.05) is 0 Å². The quantitative estimate of drug-likeness (QED) is 0.777. The molecule has 0 aliphatic carbocycles. The van der Waals surface area contributed by atoms with Crippen molar-refractivity contribution in [3.05, 3.63) is 23.2 Å². The summed E-state index contributed by atoms with van der Waals surface area (Å²) in [6.45, 7) is 1.53. The number of benzene rings is 1. The molecule has 0 saturated heterocycles. The zero-order chi connectivity index (χ0) is 15.1. The minimum Gasteiger partial charge on any atom is -0.495 e. The van der Waals surface area contributed by atoms with Gasteiger partial charge in [-0.3, -0.25) is 4.79 Å². The molecule has 0 aliphatic rings. The fourth-order valence-corrected chi connectivity index (χ4v) is 1.77. The van der Waals surface area contributed by atoms with Crippen LogP contribution in [0.2, 0.25) is 5.02 Å². The molecular weight excluding hydrogens is 284 g/mol. The van der Waals surface area contributed by atoms with Gasteiger partial charge in [0.1, 0.15) is 11.8 Å². The summed E-state index contributed by atoms with van der Waals surface area (Å²) in [5.41, 5.74) is 0.713. The molecule has 7 heteroatoms. The molecule has 0 bridgehead atoms. The van der Waals surface area contributed by atoms with Gasteiger partial charge in [-0.05, 0) is 12.1 Å². The number of amides is 1. The van der Waals surface area contributed by atoms with Crippen LogP contribution in [0.25, 0.3) is 0 Å². The normalized spacial score (nSPS) is 11.4. The Balaban J connectivity index is 2.71. The van der Waals surface area contributed by atoms with Gasteiger partial charge in [0.25, 0.3) is 0 Å². The Hall–Kier alpha value is -1.95. The highest BCUT2D eigenvalue weighted by atomic mass is 35.5. The lowest BCUT2D eigenvalue weighted by Gasteiger charge is -2.17. The van der Waals surface area contributed by atoms with E-state index in [1.54, 1.807) is 18.2 Å². The molecule has 110 valence electrons. The zero-order valence-corrected chi connectivity index (χ0v) is 12.3. The third kappa shape index (κ3) is 4.62. The maximum absolute atomic E-state index is 11.5. The summed E-state index contributed by atoms with van der Waals surface area (Å²) in [5, 5.41) is 6.01. The molecule has 0 radical (unpaired) electrons. The molecule has 1 aromatic carbocycles. The van der Waals surface area contributed by atoms with Crippen LogP contribution in [0, 0.1) is 0 Å². The zero-order valence-electron chi connectivity index (χ0n) is 11.5. The van der Waals surface area contributed by atoms with Crippen LogP contribution in [-0.4, -0.2) is 38.7 Å². The predicted octanol–water partition coefficient (Wildman–Crippen LogP) is 1.44. The number of halogens is 1. The number of esters is 1. The van der Waals surface area contributed by atoms with E-state index in [0.717, 1.165) is 0 Å². The maximum atomic E-state index is 11.5. The van der Waals surface area contributed by atoms with Crippen LogP contribution in [0.3, 0.4) is 0 Å². The monoisotopic (exact) mass is 300 g/mol. The molecule has 0 aromatic heterocycles. The SMILES string of the molecule is COC(=O)C(CNc1ccc(Cl)c(OC)c1)NC(C)=O. The second-order valence-electron chi connectivity index (χ2n) is 4.01. The Morgan fingerprint density at radius 2 is 2.05 bits per heavy atom. The standard InChI is InChI=1S/C13H17ClN2O4/c1-8(17)16-11(13(18)20-3)7-15-9-4-5-10(14)12(6-9)19-2/h4-6,11,15H,7H2,1-3H3,(H,16,17). The predicted molar refractivity (Wildman–Crippen MR) is 76.1 cm³/mol. The van der Waals surface area contributed by atoms with Gasteiger partial charge in [0.2, 0.25) is 5.91 Å². The first kappa shape index (κ1) is 16.1. The van der Waals surface area contributed by atoms with E-state index in [9.17, 15) is 9.59 Å². The first-order valence-electron chi connectivity index (χ1n) is 5.90. The summed E-state index contributed by atoms with van der Waals surface area (Å²) in [5.74, 6) is -0.310. The summed E-state index contributed by atoms with van der Waals surface area (Å²) in [4.78, 5) is 22.6. The summed E-state index contributed by atoms with van der Waals surface area (Å²) in [6, 6.07) is 4.35. The summed E-state index contributed by atoms with van der Waals surface area (Å²) < 4.78 is 9.72. The van der Waals surface area contributed by atoms with E-state index in [1.165, 1.54) is 21.1 Å². The molecule has 1 atom stereocenters. The van der Waals surface area contributed by atoms with Crippen molar-refractivity contribution in [2.75, 3.05) is 26.1 Å². The Morgan fingerprint density at radius 3 is 2.60 bits per heavy atom. The smallest absolute Gasteiger partial charge is 0.330 e. The van der Waals surface area contributed by atoms with Gasteiger partial charge in [-0.1, -0.05) is 11.6 Å². The van der Waals surface area contributed by atoms with E-state index >= 15 is 0 Å². The Kier molecular flexibility index (Phi) is 6.11. The summed E-state index contributed by atoms with van der Waals surface area (Å²) >= 11 is 5.92. The average molecular weight is 301 g/mol. The van der Waals surface area contributed by atoms with Gasteiger partial charge in [-0.25, -0.2) is 4.79 Å². The molecule has 1 aromatic rings. The first-order valence-corrected chi connectivity index (χ1v) is 6.28. The molecule has 1 unspecified atom stereocenters. The topological polar surface area (TPSA) is 76.7 Å². The van der Waals surface area contributed by atoms with Gasteiger partial charge in [-0.15, -0.1) is 0 Å². The molecule has 1 rings (SSSR count). The van der Waals surface area contributed by atoms with E-state index in [2.05, 4.69) is 15.4 Å². The van der Waals surface area contributed by atoms with Crippen molar-refractivity contribution in [1.29, 1.82) is 0 Å². The number of anilines is 1. The van der Waals surface area contributed by atoms with Crippen molar-refractivity contribution < 1.29 is 19.1 Å². The Bertz CT molecular complexity index is 493. The highest BCUT2D eigenvalue weighted by molar-refractivity contribution is 6.32. The molecule has 0 saturated carbocycles. The number of hydrogen-bond donors (Lipinski definition) is 2. The fourth-order valence-electron chi connectivity index (χ4n) is 1.57. The van der Waals surface area contributed by atoms with Gasteiger partial charge in [-0.2, -0.15) is 0 Å². The minimum atomic E-state index is -0.765. The van der Waals surface area contributed by atoms with Crippen molar-refractivity contribution in [2.24, 2.45) is 0 Å². The van der Waals surface area contributed by atoms with Gasteiger partial charge in [0.05, 0.1) is 19.2 Å². The number of hydrogen-bond acceptors (Lipinski definition) is 5. The summed E-state index contributed by atoms with van der Waals surface area (Å²) in [7, 11) is 2.78. The third-order valence-electron chi connectivity index (χ3n) is 2.52. The lowest BCUT2D eigenvalue weighted by atomic mass is 10.2. The number of methoxy groups -OCH3 is 2. The molecular formula is C13H17ClN2O4. The van der Waals surface area contributed by atoms with E-state index in [-0.39, 0.29) is 12.5 Å². The number of ether oxygens (including phenoxy) is 2. The third-order valence-corrected chi connectivity index (χ3v) is 2.84. The van der Waals surface area contributed by atoms with E-state index in [0.29, 0.717) is 16.5 Å². The lowest BCUT2D eigenvalue weighted by Crippen LogP contribution is -2.45. The molecule has 2 N–H and O–H groups in total. The van der Waals surface area contributed by atoms with Gasteiger partial charge in [0.15, 0.2) is 0 Å². The van der Waals surface area contributed by atoms with Crippen molar-refractivity contribution in [3.8, 4) is 5.75 Å². The van der Waals surface area contributed by atoms with Gasteiger partial charge < -0.3 is 20.1 Å². The van der Waals surface area contributed by atoms with Crippen LogP contribution in [-0.2, 0) is 14.3 Å². The average Bonchev–Trinajstić information content (AvgIpc) is 2.43. The van der Waals surface area contributed by atoms with Crippen molar-refractivity contribution >= 4 is 29.2 Å². The Morgan fingerprint density at radius 1 is 1.35 bits per heavy atom. The molecule has 0 spiro atoms. The Labute approximate surface area is 122 Å². The highest BCUT2D eigenvalue weighted by Gasteiger charge is 2.19. The fraction of sp³-hybridized carbons (Fsp3) is 0.385.